The number of aryl methyl sites for hydroxylation is 2. The molecular weight excluding hydrogens is 314 g/mol. The van der Waals surface area contributed by atoms with Crippen LogP contribution in [0.1, 0.15) is 25.0 Å². The van der Waals surface area contributed by atoms with Gasteiger partial charge in [-0.15, -0.1) is 0 Å². The van der Waals surface area contributed by atoms with E-state index in [4.69, 9.17) is 0 Å². The number of rotatable bonds is 5. The predicted molar refractivity (Wildman–Crippen MR) is 78.7 cm³/mol. The van der Waals surface area contributed by atoms with Gasteiger partial charge in [0.05, 0.1) is 4.90 Å². The van der Waals surface area contributed by atoms with Gasteiger partial charge in [0, 0.05) is 17.9 Å². The van der Waals surface area contributed by atoms with Crippen molar-refractivity contribution in [2.24, 2.45) is 0 Å². The molecular formula is C13H20BrNO2S. The molecule has 0 aliphatic carbocycles. The van der Waals surface area contributed by atoms with E-state index in [0.29, 0.717) is 16.8 Å². The molecule has 0 spiro atoms. The van der Waals surface area contributed by atoms with Crippen LogP contribution in [0.15, 0.2) is 23.1 Å². The number of nitrogens with zero attached hydrogens (tertiary/aromatic N) is 1. The van der Waals surface area contributed by atoms with Crippen LogP contribution in [0.3, 0.4) is 0 Å². The number of halogens is 1. The van der Waals surface area contributed by atoms with Crippen LogP contribution < -0.4 is 0 Å². The lowest BCUT2D eigenvalue weighted by Gasteiger charge is -2.26. The van der Waals surface area contributed by atoms with Gasteiger partial charge in [-0.3, -0.25) is 0 Å². The van der Waals surface area contributed by atoms with Crippen LogP contribution >= 0.6 is 15.9 Å². The summed E-state index contributed by atoms with van der Waals surface area (Å²) in [5.41, 5.74) is 1.75. The van der Waals surface area contributed by atoms with Crippen molar-refractivity contribution in [1.82, 2.24) is 4.31 Å². The van der Waals surface area contributed by atoms with Crippen LogP contribution in [0.5, 0.6) is 0 Å². The summed E-state index contributed by atoms with van der Waals surface area (Å²) in [5, 5.41) is 0.634. The fourth-order valence-electron chi connectivity index (χ4n) is 1.85. The van der Waals surface area contributed by atoms with Gasteiger partial charge < -0.3 is 0 Å². The van der Waals surface area contributed by atoms with E-state index in [9.17, 15) is 8.42 Å². The highest BCUT2D eigenvalue weighted by atomic mass is 79.9. The summed E-state index contributed by atoms with van der Waals surface area (Å²) in [6.45, 7) is 8.01. The number of benzene rings is 1. The lowest BCUT2D eigenvalue weighted by atomic mass is 10.2. The Morgan fingerprint density at radius 2 is 1.89 bits per heavy atom. The molecule has 1 aromatic rings. The second kappa shape index (κ2) is 6.17. The number of hydrogen-bond acceptors (Lipinski definition) is 2. The van der Waals surface area contributed by atoms with E-state index in [1.54, 1.807) is 6.07 Å². The standard InChI is InChI=1S/C13H20BrNO2S/c1-10(2)15(8-7-14)18(16,17)13-9-11(3)5-6-12(13)4/h5-6,9-10H,7-8H2,1-4H3. The van der Waals surface area contributed by atoms with Gasteiger partial charge in [0.15, 0.2) is 0 Å². The second-order valence-corrected chi connectivity index (χ2v) is 7.32. The molecule has 0 aliphatic heterocycles. The summed E-state index contributed by atoms with van der Waals surface area (Å²) in [5.74, 6) is 0. The molecule has 0 fully saturated rings. The van der Waals surface area contributed by atoms with E-state index >= 15 is 0 Å². The topological polar surface area (TPSA) is 37.4 Å². The van der Waals surface area contributed by atoms with Crippen molar-refractivity contribution < 1.29 is 8.42 Å². The SMILES string of the molecule is Cc1ccc(C)c(S(=O)(=O)N(CCBr)C(C)C)c1. The molecule has 0 unspecified atom stereocenters. The Morgan fingerprint density at radius 1 is 1.28 bits per heavy atom. The molecule has 18 heavy (non-hydrogen) atoms. The zero-order chi connectivity index (χ0) is 13.9. The molecule has 0 N–H and O–H groups in total. The lowest BCUT2D eigenvalue weighted by molar-refractivity contribution is 0.372. The molecule has 0 radical (unpaired) electrons. The van der Waals surface area contributed by atoms with E-state index in [0.717, 1.165) is 11.1 Å². The first-order valence-electron chi connectivity index (χ1n) is 5.95. The van der Waals surface area contributed by atoms with E-state index in [2.05, 4.69) is 15.9 Å². The van der Waals surface area contributed by atoms with Crippen molar-refractivity contribution in [3.8, 4) is 0 Å². The number of alkyl halides is 1. The maximum absolute atomic E-state index is 12.6. The van der Waals surface area contributed by atoms with Crippen LogP contribution in [0.25, 0.3) is 0 Å². The van der Waals surface area contributed by atoms with Crippen LogP contribution in [0.4, 0.5) is 0 Å². The zero-order valence-electron chi connectivity index (χ0n) is 11.3. The van der Waals surface area contributed by atoms with E-state index in [1.807, 2.05) is 39.8 Å². The van der Waals surface area contributed by atoms with Crippen LogP contribution in [0, 0.1) is 13.8 Å². The minimum Gasteiger partial charge on any atom is -0.207 e. The van der Waals surface area contributed by atoms with Gasteiger partial charge in [0.1, 0.15) is 0 Å². The number of hydrogen-bond donors (Lipinski definition) is 0. The molecule has 1 rings (SSSR count). The van der Waals surface area contributed by atoms with Crippen molar-refractivity contribution >= 4 is 26.0 Å². The normalized spacial score (nSPS) is 12.4. The summed E-state index contributed by atoms with van der Waals surface area (Å²) in [6, 6.07) is 5.48. The molecule has 3 nitrogen and oxygen atoms in total. The Bertz CT molecular complexity index is 512. The van der Waals surface area contributed by atoms with Crippen molar-refractivity contribution in [3.05, 3.63) is 29.3 Å². The number of sulfonamides is 1. The third-order valence-corrected chi connectivity index (χ3v) is 5.38. The van der Waals surface area contributed by atoms with Gasteiger partial charge in [0.25, 0.3) is 0 Å². The highest BCUT2D eigenvalue weighted by molar-refractivity contribution is 9.09. The van der Waals surface area contributed by atoms with Gasteiger partial charge in [-0.05, 0) is 44.9 Å². The fourth-order valence-corrected chi connectivity index (χ4v) is 4.42. The summed E-state index contributed by atoms with van der Waals surface area (Å²) in [7, 11) is -3.41. The van der Waals surface area contributed by atoms with Crippen molar-refractivity contribution in [2.45, 2.75) is 38.6 Å². The van der Waals surface area contributed by atoms with Crippen LogP contribution in [-0.2, 0) is 10.0 Å². The summed E-state index contributed by atoms with van der Waals surface area (Å²) in [6.07, 6.45) is 0. The second-order valence-electron chi connectivity index (χ2n) is 4.67. The van der Waals surface area contributed by atoms with Crippen molar-refractivity contribution in [2.75, 3.05) is 11.9 Å². The molecule has 0 saturated heterocycles. The molecule has 0 bridgehead atoms. The molecule has 0 aromatic heterocycles. The summed E-state index contributed by atoms with van der Waals surface area (Å²) >= 11 is 3.31. The average Bonchev–Trinajstić information content (AvgIpc) is 2.28. The lowest BCUT2D eigenvalue weighted by Crippen LogP contribution is -2.38. The zero-order valence-corrected chi connectivity index (χ0v) is 13.7. The fraction of sp³-hybridized carbons (Fsp3) is 0.538. The average molecular weight is 334 g/mol. The van der Waals surface area contributed by atoms with E-state index < -0.39 is 10.0 Å². The largest absolute Gasteiger partial charge is 0.243 e. The Labute approximate surface area is 118 Å². The van der Waals surface area contributed by atoms with Crippen molar-refractivity contribution in [1.29, 1.82) is 0 Å². The molecule has 102 valence electrons. The maximum Gasteiger partial charge on any atom is 0.243 e. The van der Waals surface area contributed by atoms with Gasteiger partial charge >= 0.3 is 0 Å². The third kappa shape index (κ3) is 3.33. The van der Waals surface area contributed by atoms with Crippen molar-refractivity contribution in [3.63, 3.8) is 0 Å². The Balaban J connectivity index is 3.30. The summed E-state index contributed by atoms with van der Waals surface area (Å²) in [4.78, 5) is 0.414. The Morgan fingerprint density at radius 3 is 2.39 bits per heavy atom. The monoisotopic (exact) mass is 333 g/mol. The summed E-state index contributed by atoms with van der Waals surface area (Å²) < 4.78 is 26.8. The quantitative estimate of drug-likeness (QED) is 0.776. The predicted octanol–water partition coefficient (Wildman–Crippen LogP) is 3.10. The van der Waals surface area contributed by atoms with Crippen LogP contribution in [-0.4, -0.2) is 30.6 Å². The minimum absolute atomic E-state index is 0.0486. The molecule has 0 aliphatic rings. The molecule has 5 heteroatoms. The first-order valence-corrected chi connectivity index (χ1v) is 8.52. The third-order valence-electron chi connectivity index (χ3n) is 2.81. The van der Waals surface area contributed by atoms with E-state index in [1.165, 1.54) is 4.31 Å². The smallest absolute Gasteiger partial charge is 0.207 e. The first kappa shape index (κ1) is 15.7. The van der Waals surface area contributed by atoms with Gasteiger partial charge in [0.2, 0.25) is 10.0 Å². The van der Waals surface area contributed by atoms with E-state index in [-0.39, 0.29) is 6.04 Å². The Hall–Kier alpha value is -0.390. The Kier molecular flexibility index (Phi) is 5.37. The van der Waals surface area contributed by atoms with Gasteiger partial charge in [-0.2, -0.15) is 4.31 Å². The molecule has 0 saturated carbocycles. The van der Waals surface area contributed by atoms with Gasteiger partial charge in [-0.25, -0.2) is 8.42 Å². The minimum atomic E-state index is -3.41. The molecule has 1 aromatic carbocycles. The first-order chi connectivity index (χ1) is 8.30. The molecule has 0 amide bonds. The molecule has 0 heterocycles. The van der Waals surface area contributed by atoms with Gasteiger partial charge in [-0.1, -0.05) is 28.1 Å². The molecule has 0 atom stereocenters. The van der Waals surface area contributed by atoms with Crippen LogP contribution in [0.2, 0.25) is 0 Å². The highest BCUT2D eigenvalue weighted by Gasteiger charge is 2.27. The highest BCUT2D eigenvalue weighted by Crippen LogP contribution is 2.22. The maximum atomic E-state index is 12.6.